The first kappa shape index (κ1) is 15.5. The van der Waals surface area contributed by atoms with Gasteiger partial charge in [-0.25, -0.2) is 4.39 Å². The highest BCUT2D eigenvalue weighted by Crippen LogP contribution is 2.29. The molecule has 0 atom stereocenters. The molecule has 1 heterocycles. The van der Waals surface area contributed by atoms with Gasteiger partial charge >= 0.3 is 6.18 Å². The molecule has 0 N–H and O–H groups in total. The summed E-state index contributed by atoms with van der Waals surface area (Å²) in [6, 6.07) is 6.11. The van der Waals surface area contributed by atoms with Crippen molar-refractivity contribution in [2.75, 3.05) is 0 Å². The van der Waals surface area contributed by atoms with Crippen LogP contribution < -0.4 is 0 Å². The van der Waals surface area contributed by atoms with Crippen molar-refractivity contribution in [1.82, 2.24) is 4.98 Å². The molecule has 1 aromatic carbocycles. The molecule has 2 rings (SSSR count). The molecule has 110 valence electrons. The van der Waals surface area contributed by atoms with Gasteiger partial charge in [0.1, 0.15) is 5.82 Å². The Hall–Kier alpha value is -1.88. The van der Waals surface area contributed by atoms with Gasteiger partial charge < -0.3 is 0 Å². The highest BCUT2D eigenvalue weighted by molar-refractivity contribution is 6.30. The van der Waals surface area contributed by atoms with E-state index in [1.165, 1.54) is 18.2 Å². The van der Waals surface area contributed by atoms with E-state index < -0.39 is 17.6 Å². The molecule has 1 nitrogen and oxygen atoms in total. The summed E-state index contributed by atoms with van der Waals surface area (Å²) < 4.78 is 50.6. The monoisotopic (exact) mass is 315 g/mol. The number of halogens is 5. The molecule has 0 spiro atoms. The van der Waals surface area contributed by atoms with Gasteiger partial charge in [-0.3, -0.25) is 4.98 Å². The molecule has 0 aliphatic rings. The minimum atomic E-state index is -4.38. The quantitative estimate of drug-likeness (QED) is 0.714. The number of rotatable bonds is 3. The van der Waals surface area contributed by atoms with Crippen LogP contribution in [0.3, 0.4) is 0 Å². The molecule has 21 heavy (non-hydrogen) atoms. The zero-order chi connectivity index (χ0) is 15.5. The minimum Gasteiger partial charge on any atom is -0.261 e. The topological polar surface area (TPSA) is 12.9 Å². The number of allylic oxidation sites excluding steroid dienone is 1. The zero-order valence-corrected chi connectivity index (χ0v) is 11.4. The Labute approximate surface area is 123 Å². The molecule has 0 aliphatic heterocycles. The minimum absolute atomic E-state index is 0.00524. The van der Waals surface area contributed by atoms with Gasteiger partial charge in [0.2, 0.25) is 0 Å². The summed E-state index contributed by atoms with van der Waals surface area (Å²) in [6.45, 7) is 0. The third-order valence-corrected chi connectivity index (χ3v) is 3.01. The van der Waals surface area contributed by atoms with Crippen LogP contribution in [0.5, 0.6) is 0 Å². The molecule has 0 radical (unpaired) electrons. The average molecular weight is 316 g/mol. The van der Waals surface area contributed by atoms with Gasteiger partial charge in [0, 0.05) is 18.3 Å². The van der Waals surface area contributed by atoms with Gasteiger partial charge in [-0.15, -0.1) is 0 Å². The van der Waals surface area contributed by atoms with Gasteiger partial charge in [0.15, 0.2) is 0 Å². The van der Waals surface area contributed by atoms with E-state index in [1.54, 1.807) is 12.2 Å². The van der Waals surface area contributed by atoms with E-state index in [0.29, 0.717) is 11.3 Å². The van der Waals surface area contributed by atoms with Crippen molar-refractivity contribution in [3.8, 4) is 0 Å². The van der Waals surface area contributed by atoms with Gasteiger partial charge in [-0.05, 0) is 29.8 Å². The first-order chi connectivity index (χ1) is 9.86. The lowest BCUT2D eigenvalue weighted by Crippen LogP contribution is -2.05. The van der Waals surface area contributed by atoms with Gasteiger partial charge in [-0.1, -0.05) is 29.8 Å². The number of aromatic nitrogens is 1. The second-order valence-electron chi connectivity index (χ2n) is 4.31. The van der Waals surface area contributed by atoms with Gasteiger partial charge in [-0.2, -0.15) is 13.2 Å². The summed E-state index contributed by atoms with van der Waals surface area (Å²) in [5.41, 5.74) is 0.230. The molecule has 0 saturated heterocycles. The number of nitrogens with zero attached hydrogens (tertiary/aromatic N) is 1. The van der Waals surface area contributed by atoms with E-state index in [2.05, 4.69) is 4.98 Å². The van der Waals surface area contributed by atoms with Crippen LogP contribution in [-0.4, -0.2) is 4.98 Å². The molecule has 0 aliphatic carbocycles. The van der Waals surface area contributed by atoms with Crippen LogP contribution in [0.25, 0.3) is 6.08 Å². The predicted molar refractivity (Wildman–Crippen MR) is 73.4 cm³/mol. The van der Waals surface area contributed by atoms with Crippen molar-refractivity contribution < 1.29 is 17.6 Å². The van der Waals surface area contributed by atoms with E-state index in [4.69, 9.17) is 11.6 Å². The molecule has 1 aromatic heterocycles. The smallest absolute Gasteiger partial charge is 0.261 e. The van der Waals surface area contributed by atoms with Crippen molar-refractivity contribution in [2.45, 2.75) is 12.6 Å². The number of alkyl halides is 3. The second kappa shape index (κ2) is 6.26. The van der Waals surface area contributed by atoms with E-state index in [0.717, 1.165) is 18.3 Å². The Bertz CT molecular complexity index is 665. The van der Waals surface area contributed by atoms with E-state index in [1.807, 2.05) is 0 Å². The van der Waals surface area contributed by atoms with Crippen molar-refractivity contribution in [3.63, 3.8) is 0 Å². The van der Waals surface area contributed by atoms with Gasteiger partial charge in [0.05, 0.1) is 10.6 Å². The summed E-state index contributed by atoms with van der Waals surface area (Å²) >= 11 is 5.63. The number of hydrogen-bond acceptors (Lipinski definition) is 1. The normalized spacial score (nSPS) is 12.0. The van der Waals surface area contributed by atoms with Crippen molar-refractivity contribution in [2.24, 2.45) is 0 Å². The fourth-order valence-electron chi connectivity index (χ4n) is 1.70. The summed E-state index contributed by atoms with van der Waals surface area (Å²) in [5, 5.41) is -0.00524. The maximum Gasteiger partial charge on any atom is 0.416 e. The molecule has 6 heteroatoms. The van der Waals surface area contributed by atoms with Crippen LogP contribution in [-0.2, 0) is 12.6 Å². The third kappa shape index (κ3) is 4.29. The van der Waals surface area contributed by atoms with E-state index >= 15 is 0 Å². The third-order valence-electron chi connectivity index (χ3n) is 2.72. The Morgan fingerprint density at radius 2 is 1.90 bits per heavy atom. The van der Waals surface area contributed by atoms with E-state index in [-0.39, 0.29) is 11.4 Å². The Balaban J connectivity index is 2.09. The highest BCUT2D eigenvalue weighted by Gasteiger charge is 2.30. The molecule has 0 fully saturated rings. The summed E-state index contributed by atoms with van der Waals surface area (Å²) in [5.74, 6) is -0.520. The molecule has 0 amide bonds. The average Bonchev–Trinajstić information content (AvgIpc) is 2.42. The summed E-state index contributed by atoms with van der Waals surface area (Å²) in [6.07, 6.45) is 0.269. The zero-order valence-electron chi connectivity index (χ0n) is 10.7. The lowest BCUT2D eigenvalue weighted by molar-refractivity contribution is -0.137. The first-order valence-electron chi connectivity index (χ1n) is 6.00. The molecule has 0 saturated carbocycles. The van der Waals surface area contributed by atoms with Crippen LogP contribution in [0.15, 0.2) is 42.6 Å². The molecular formula is C15H10ClF4N. The molecular weight excluding hydrogens is 306 g/mol. The summed E-state index contributed by atoms with van der Waals surface area (Å²) in [4.78, 5) is 3.88. The van der Waals surface area contributed by atoms with Crippen molar-refractivity contribution in [3.05, 3.63) is 70.3 Å². The van der Waals surface area contributed by atoms with Crippen LogP contribution in [0.4, 0.5) is 17.6 Å². The highest BCUT2D eigenvalue weighted by atomic mass is 35.5. The van der Waals surface area contributed by atoms with Crippen molar-refractivity contribution >= 4 is 17.7 Å². The van der Waals surface area contributed by atoms with Crippen LogP contribution in [0.2, 0.25) is 5.02 Å². The number of pyridine rings is 1. The molecule has 0 unspecified atom stereocenters. The molecule has 0 bridgehead atoms. The predicted octanol–water partition coefficient (Wildman–Crippen LogP) is 5.15. The number of benzene rings is 1. The van der Waals surface area contributed by atoms with Crippen LogP contribution in [0, 0.1) is 5.82 Å². The Kier molecular flexibility index (Phi) is 4.63. The Morgan fingerprint density at radius 3 is 2.57 bits per heavy atom. The maximum absolute atomic E-state index is 13.0. The number of hydrogen-bond donors (Lipinski definition) is 0. The lowest BCUT2D eigenvalue weighted by atomic mass is 10.1. The Morgan fingerprint density at radius 1 is 1.14 bits per heavy atom. The maximum atomic E-state index is 13.0. The van der Waals surface area contributed by atoms with E-state index in [9.17, 15) is 17.6 Å². The van der Waals surface area contributed by atoms with Crippen LogP contribution >= 0.6 is 11.6 Å². The molecule has 2 aromatic rings. The standard InChI is InChI=1S/C15H10ClF4N/c16-13-8-10(4-5-14(13)17)2-1-3-12-9-11(6-7-21-12)15(18,19)20/h1-2,4-9H,3H2. The SMILES string of the molecule is Fc1ccc(C=CCc2cc(C(F)(F)F)ccn2)cc1Cl. The van der Waals surface area contributed by atoms with Crippen molar-refractivity contribution in [1.29, 1.82) is 0 Å². The first-order valence-corrected chi connectivity index (χ1v) is 6.38. The lowest BCUT2D eigenvalue weighted by Gasteiger charge is -2.06. The fourth-order valence-corrected chi connectivity index (χ4v) is 1.89. The summed E-state index contributed by atoms with van der Waals surface area (Å²) in [7, 11) is 0. The fraction of sp³-hybridized carbons (Fsp3) is 0.133. The largest absolute Gasteiger partial charge is 0.416 e. The second-order valence-corrected chi connectivity index (χ2v) is 4.72. The van der Waals surface area contributed by atoms with Gasteiger partial charge in [0.25, 0.3) is 0 Å². The van der Waals surface area contributed by atoms with Crippen LogP contribution in [0.1, 0.15) is 16.8 Å².